The molecule has 0 aliphatic carbocycles. The maximum Gasteiger partial charge on any atom is 0.242 e. The molecule has 0 radical (unpaired) electrons. The molecule has 1 atom stereocenters. The predicted molar refractivity (Wildman–Crippen MR) is 80.3 cm³/mol. The van der Waals surface area contributed by atoms with Crippen molar-refractivity contribution >= 4 is 33.5 Å². The summed E-state index contributed by atoms with van der Waals surface area (Å²) in [5.41, 5.74) is 0. The molecule has 6 nitrogen and oxygen atoms in total. The van der Waals surface area contributed by atoms with Gasteiger partial charge in [-0.15, -0.1) is 0 Å². The lowest BCUT2D eigenvalue weighted by Crippen LogP contribution is -2.41. The summed E-state index contributed by atoms with van der Waals surface area (Å²) in [5.74, 6) is 1.24. The Morgan fingerprint density at radius 2 is 1.95 bits per heavy atom. The number of halogens is 1. The first-order valence-corrected chi connectivity index (χ1v) is 7.06. The molecule has 3 N–H and O–H groups in total. The quantitative estimate of drug-likeness (QED) is 0.743. The van der Waals surface area contributed by atoms with Crippen LogP contribution in [0.25, 0.3) is 0 Å². The third kappa shape index (κ3) is 4.66. The van der Waals surface area contributed by atoms with Crippen LogP contribution in [0.2, 0.25) is 0 Å². The first-order chi connectivity index (χ1) is 8.95. The molecule has 1 unspecified atom stereocenters. The number of nitrogens with one attached hydrogen (secondary N) is 3. The van der Waals surface area contributed by atoms with Crippen molar-refractivity contribution in [1.82, 2.24) is 15.3 Å². The molecule has 0 bridgehead atoms. The molecule has 0 aromatic carbocycles. The average Bonchev–Trinajstić information content (AvgIpc) is 2.33. The topological polar surface area (TPSA) is 78.9 Å². The highest BCUT2D eigenvalue weighted by molar-refractivity contribution is 9.10. The highest BCUT2D eigenvalue weighted by atomic mass is 79.9. The summed E-state index contributed by atoms with van der Waals surface area (Å²) in [6.45, 7) is 8.39. The molecule has 0 saturated carbocycles. The predicted octanol–water partition coefficient (Wildman–Crippen LogP) is 2.00. The lowest BCUT2D eigenvalue weighted by molar-refractivity contribution is -0.122. The monoisotopic (exact) mass is 329 g/mol. The van der Waals surface area contributed by atoms with E-state index in [-0.39, 0.29) is 18.0 Å². The van der Waals surface area contributed by atoms with Gasteiger partial charge in [0.05, 0.1) is 0 Å². The van der Waals surface area contributed by atoms with Crippen LogP contribution in [0.3, 0.4) is 0 Å². The largest absolute Gasteiger partial charge is 0.369 e. The van der Waals surface area contributed by atoms with Gasteiger partial charge in [-0.25, -0.2) is 9.97 Å². The van der Waals surface area contributed by atoms with Crippen molar-refractivity contribution in [2.45, 2.75) is 39.8 Å². The number of amides is 1. The van der Waals surface area contributed by atoms with E-state index in [1.807, 2.05) is 20.8 Å². The average molecular weight is 330 g/mol. The van der Waals surface area contributed by atoms with E-state index >= 15 is 0 Å². The molecule has 0 aliphatic rings. The molecule has 0 aliphatic heterocycles. The zero-order valence-corrected chi connectivity index (χ0v) is 13.2. The number of aromatic nitrogens is 2. The number of nitrogens with zero attached hydrogens (tertiary/aromatic N) is 2. The number of carbonyl (C=O) groups is 1. The molecule has 1 rings (SSSR count). The SMILES string of the molecule is CCNc1ncnc(NC(C)C(=O)NC(C)C)c1Br. The summed E-state index contributed by atoms with van der Waals surface area (Å²) < 4.78 is 0.723. The zero-order valence-electron chi connectivity index (χ0n) is 11.6. The van der Waals surface area contributed by atoms with Gasteiger partial charge < -0.3 is 16.0 Å². The van der Waals surface area contributed by atoms with Gasteiger partial charge >= 0.3 is 0 Å². The van der Waals surface area contributed by atoms with E-state index in [4.69, 9.17) is 0 Å². The van der Waals surface area contributed by atoms with Gasteiger partial charge in [-0.1, -0.05) is 0 Å². The maximum atomic E-state index is 11.8. The molecule has 106 valence electrons. The van der Waals surface area contributed by atoms with Crippen molar-refractivity contribution in [3.63, 3.8) is 0 Å². The van der Waals surface area contributed by atoms with Crippen molar-refractivity contribution in [1.29, 1.82) is 0 Å². The van der Waals surface area contributed by atoms with Crippen molar-refractivity contribution in [3.05, 3.63) is 10.8 Å². The molecule has 1 amide bonds. The molecule has 19 heavy (non-hydrogen) atoms. The van der Waals surface area contributed by atoms with Gasteiger partial charge in [0.15, 0.2) is 0 Å². The minimum absolute atomic E-state index is 0.0643. The lowest BCUT2D eigenvalue weighted by atomic mass is 10.3. The molecule has 1 heterocycles. The molecule has 0 saturated heterocycles. The summed E-state index contributed by atoms with van der Waals surface area (Å²) in [5, 5.41) is 9.02. The van der Waals surface area contributed by atoms with E-state index in [0.29, 0.717) is 11.6 Å². The van der Waals surface area contributed by atoms with Crippen LogP contribution in [0.5, 0.6) is 0 Å². The van der Waals surface area contributed by atoms with Gasteiger partial charge in [-0.2, -0.15) is 0 Å². The Hall–Kier alpha value is -1.37. The number of anilines is 2. The third-order valence-corrected chi connectivity index (χ3v) is 3.06. The third-order valence-electron chi connectivity index (χ3n) is 2.31. The summed E-state index contributed by atoms with van der Waals surface area (Å²) in [4.78, 5) is 20.1. The van der Waals surface area contributed by atoms with Crippen molar-refractivity contribution in [2.75, 3.05) is 17.2 Å². The smallest absolute Gasteiger partial charge is 0.242 e. The van der Waals surface area contributed by atoms with E-state index in [2.05, 4.69) is 41.8 Å². The number of carbonyl (C=O) groups excluding carboxylic acids is 1. The van der Waals surface area contributed by atoms with Gasteiger partial charge in [0.1, 0.15) is 28.5 Å². The van der Waals surface area contributed by atoms with Crippen LogP contribution in [-0.2, 0) is 4.79 Å². The number of hydrogen-bond acceptors (Lipinski definition) is 5. The second kappa shape index (κ2) is 7.28. The Morgan fingerprint density at radius 1 is 1.32 bits per heavy atom. The molecular formula is C12H20BrN5O. The van der Waals surface area contributed by atoms with Crippen molar-refractivity contribution in [2.24, 2.45) is 0 Å². The Kier molecular flexibility index (Phi) is 6.01. The fourth-order valence-corrected chi connectivity index (χ4v) is 1.90. The first kappa shape index (κ1) is 15.7. The number of rotatable bonds is 6. The molecule has 1 aromatic rings. The Bertz CT molecular complexity index is 438. The second-order valence-corrected chi connectivity index (χ2v) is 5.24. The van der Waals surface area contributed by atoms with Crippen LogP contribution in [0.15, 0.2) is 10.8 Å². The maximum absolute atomic E-state index is 11.8. The van der Waals surface area contributed by atoms with Gasteiger partial charge in [0, 0.05) is 12.6 Å². The molecule has 0 fully saturated rings. The van der Waals surface area contributed by atoms with Gasteiger partial charge in [0.25, 0.3) is 0 Å². The summed E-state index contributed by atoms with van der Waals surface area (Å²) >= 11 is 3.43. The molecule has 0 spiro atoms. The minimum Gasteiger partial charge on any atom is -0.369 e. The second-order valence-electron chi connectivity index (χ2n) is 4.44. The van der Waals surface area contributed by atoms with Crippen molar-refractivity contribution < 1.29 is 4.79 Å². The Morgan fingerprint density at radius 3 is 2.53 bits per heavy atom. The Balaban J connectivity index is 2.76. The lowest BCUT2D eigenvalue weighted by Gasteiger charge is -2.17. The summed E-state index contributed by atoms with van der Waals surface area (Å²) in [6, 6.07) is -0.258. The first-order valence-electron chi connectivity index (χ1n) is 6.27. The summed E-state index contributed by atoms with van der Waals surface area (Å²) in [6.07, 6.45) is 1.46. The van der Waals surface area contributed by atoms with E-state index in [9.17, 15) is 4.79 Å². The van der Waals surface area contributed by atoms with E-state index in [1.54, 1.807) is 6.92 Å². The van der Waals surface area contributed by atoms with Crippen LogP contribution in [-0.4, -0.2) is 34.5 Å². The normalized spacial score (nSPS) is 12.1. The van der Waals surface area contributed by atoms with E-state index in [0.717, 1.165) is 11.0 Å². The minimum atomic E-state index is -0.372. The van der Waals surface area contributed by atoms with Crippen LogP contribution in [0.1, 0.15) is 27.7 Å². The Labute approximate surface area is 121 Å². The van der Waals surface area contributed by atoms with E-state index < -0.39 is 0 Å². The molecular weight excluding hydrogens is 310 g/mol. The van der Waals surface area contributed by atoms with Crippen LogP contribution in [0, 0.1) is 0 Å². The fourth-order valence-electron chi connectivity index (χ4n) is 1.44. The fraction of sp³-hybridized carbons (Fsp3) is 0.583. The van der Waals surface area contributed by atoms with E-state index in [1.165, 1.54) is 6.33 Å². The molecule has 7 heteroatoms. The summed E-state index contributed by atoms with van der Waals surface area (Å²) in [7, 11) is 0. The highest BCUT2D eigenvalue weighted by Gasteiger charge is 2.16. The van der Waals surface area contributed by atoms with Crippen LogP contribution < -0.4 is 16.0 Å². The van der Waals surface area contributed by atoms with Crippen molar-refractivity contribution in [3.8, 4) is 0 Å². The van der Waals surface area contributed by atoms with Gasteiger partial charge in [-0.3, -0.25) is 4.79 Å². The molecule has 1 aromatic heterocycles. The van der Waals surface area contributed by atoms with Crippen LogP contribution in [0.4, 0.5) is 11.6 Å². The zero-order chi connectivity index (χ0) is 14.4. The van der Waals surface area contributed by atoms with Gasteiger partial charge in [0.2, 0.25) is 5.91 Å². The van der Waals surface area contributed by atoms with Crippen LogP contribution >= 0.6 is 15.9 Å². The highest BCUT2D eigenvalue weighted by Crippen LogP contribution is 2.26. The standard InChI is InChI=1S/C12H20BrN5O/c1-5-14-10-9(13)11(16-6-15-10)18-8(4)12(19)17-7(2)3/h6-8H,5H2,1-4H3,(H,17,19)(H2,14,15,16,18). The number of hydrogen-bond donors (Lipinski definition) is 3. The van der Waals surface area contributed by atoms with Gasteiger partial charge in [-0.05, 0) is 43.6 Å².